The number of ether oxygens (including phenoxy) is 1. The number of benzene rings is 1. The van der Waals surface area contributed by atoms with Crippen molar-refractivity contribution in [2.45, 2.75) is 18.9 Å². The van der Waals surface area contributed by atoms with Crippen molar-refractivity contribution in [2.75, 3.05) is 19.9 Å². The first-order valence-electron chi connectivity index (χ1n) is 7.40. The van der Waals surface area contributed by atoms with Crippen molar-refractivity contribution in [3.05, 3.63) is 34.5 Å². The lowest BCUT2D eigenvalue weighted by Gasteiger charge is -2.53. The summed E-state index contributed by atoms with van der Waals surface area (Å²) in [7, 11) is 0. The smallest absolute Gasteiger partial charge is 0.334 e. The van der Waals surface area contributed by atoms with Gasteiger partial charge in [0.2, 0.25) is 0 Å². The fourth-order valence-electron chi connectivity index (χ4n) is 3.16. The average Bonchev–Trinajstić information content (AvgIpc) is 2.42. The molecule has 1 saturated carbocycles. The third-order valence-corrected chi connectivity index (χ3v) is 4.73. The highest BCUT2D eigenvalue weighted by Crippen LogP contribution is 2.46. The number of halogens is 3. The van der Waals surface area contributed by atoms with Gasteiger partial charge in [-0.1, -0.05) is 11.6 Å². The van der Waals surface area contributed by atoms with E-state index >= 15 is 0 Å². The maximum atomic E-state index is 13.3. The van der Waals surface area contributed by atoms with Gasteiger partial charge in [0.05, 0.1) is 16.7 Å². The molecular weight excluding hydrogens is 326 g/mol. The van der Waals surface area contributed by atoms with Gasteiger partial charge in [-0.25, -0.2) is 4.39 Å². The fraction of sp³-hybridized carbons (Fsp3) is 0.438. The van der Waals surface area contributed by atoms with Crippen LogP contribution in [0.15, 0.2) is 18.3 Å². The van der Waals surface area contributed by atoms with Crippen LogP contribution in [-0.2, 0) is 0 Å². The maximum Gasteiger partial charge on any atom is 0.334 e. The SMILES string of the molecule is O=C(F)c1c(Cl)ccc(OC2CC3(CNC3)C2)c1/C=C\NCF. The van der Waals surface area contributed by atoms with Crippen LogP contribution in [0.4, 0.5) is 8.78 Å². The lowest BCUT2D eigenvalue weighted by molar-refractivity contribution is -0.0496. The molecule has 0 atom stereocenters. The number of carbonyl (C=O) groups is 1. The average molecular weight is 343 g/mol. The summed E-state index contributed by atoms with van der Waals surface area (Å²) in [6, 6.07) is 1.39. The highest BCUT2D eigenvalue weighted by Gasteiger charge is 2.49. The third kappa shape index (κ3) is 3.19. The Hall–Kier alpha value is -1.66. The minimum Gasteiger partial charge on any atom is -0.490 e. The number of hydrogen-bond acceptors (Lipinski definition) is 4. The van der Waals surface area contributed by atoms with E-state index < -0.39 is 12.8 Å². The molecule has 1 heterocycles. The fourth-order valence-corrected chi connectivity index (χ4v) is 3.40. The molecule has 1 aromatic rings. The third-order valence-electron chi connectivity index (χ3n) is 4.41. The van der Waals surface area contributed by atoms with Crippen LogP contribution < -0.4 is 15.4 Å². The molecule has 4 nitrogen and oxygen atoms in total. The van der Waals surface area contributed by atoms with Crippen LogP contribution in [0.2, 0.25) is 5.02 Å². The van der Waals surface area contributed by atoms with Crippen LogP contribution in [0.25, 0.3) is 6.08 Å². The second-order valence-corrected chi connectivity index (χ2v) is 6.44. The first kappa shape index (κ1) is 16.2. The molecule has 0 bridgehead atoms. The van der Waals surface area contributed by atoms with Crippen LogP contribution in [0.5, 0.6) is 5.75 Å². The van der Waals surface area contributed by atoms with Crippen molar-refractivity contribution >= 4 is 23.7 Å². The first-order valence-corrected chi connectivity index (χ1v) is 7.78. The van der Waals surface area contributed by atoms with Crippen LogP contribution in [0.3, 0.4) is 0 Å². The van der Waals surface area contributed by atoms with Gasteiger partial charge in [-0.3, -0.25) is 4.79 Å². The quantitative estimate of drug-likeness (QED) is 0.616. The van der Waals surface area contributed by atoms with E-state index in [-0.39, 0.29) is 22.3 Å². The summed E-state index contributed by atoms with van der Waals surface area (Å²) < 4.78 is 31.4. The standard InChI is InChI=1S/C16H17ClF2N2O2/c17-12-1-2-13(23-10-5-16(6-10)7-21-8-16)11(3-4-20-9-18)14(12)15(19)22/h1-4,10,20-21H,5-9H2/b4-3-. The first-order chi connectivity index (χ1) is 11.0. The number of alkyl halides is 1. The largest absolute Gasteiger partial charge is 0.490 e. The Kier molecular flexibility index (Phi) is 4.55. The normalized spacial score (nSPS) is 19.4. The van der Waals surface area contributed by atoms with Crippen molar-refractivity contribution in [3.8, 4) is 5.75 Å². The van der Waals surface area contributed by atoms with Gasteiger partial charge in [0.1, 0.15) is 5.75 Å². The second kappa shape index (κ2) is 6.45. The van der Waals surface area contributed by atoms with E-state index in [1.165, 1.54) is 18.3 Å². The molecule has 23 heavy (non-hydrogen) atoms. The van der Waals surface area contributed by atoms with Crippen LogP contribution >= 0.6 is 11.6 Å². The molecule has 0 amide bonds. The summed E-state index contributed by atoms with van der Waals surface area (Å²) in [5.41, 5.74) is 0.292. The highest BCUT2D eigenvalue weighted by atomic mass is 35.5. The Morgan fingerprint density at radius 2 is 2.22 bits per heavy atom. The van der Waals surface area contributed by atoms with E-state index in [0.717, 1.165) is 25.9 Å². The molecule has 1 aromatic carbocycles. The Labute approximate surface area is 137 Å². The highest BCUT2D eigenvalue weighted by molar-refractivity contribution is 6.34. The van der Waals surface area contributed by atoms with E-state index in [2.05, 4.69) is 10.6 Å². The molecule has 124 valence electrons. The predicted molar refractivity (Wildman–Crippen MR) is 84.0 cm³/mol. The molecule has 0 radical (unpaired) electrons. The Morgan fingerprint density at radius 3 is 2.78 bits per heavy atom. The van der Waals surface area contributed by atoms with Crippen molar-refractivity contribution in [1.82, 2.24) is 10.6 Å². The summed E-state index contributed by atoms with van der Waals surface area (Å²) >= 11 is 5.92. The molecule has 0 aromatic heterocycles. The molecule has 3 rings (SSSR count). The monoisotopic (exact) mass is 342 g/mol. The summed E-state index contributed by atoms with van der Waals surface area (Å²) in [6.45, 7) is 1.22. The maximum absolute atomic E-state index is 13.3. The second-order valence-electron chi connectivity index (χ2n) is 6.03. The summed E-state index contributed by atoms with van der Waals surface area (Å²) in [5, 5.41) is 5.58. The van der Waals surface area contributed by atoms with Crippen molar-refractivity contribution in [2.24, 2.45) is 5.41 Å². The Balaban J connectivity index is 1.83. The van der Waals surface area contributed by atoms with E-state index in [1.54, 1.807) is 6.07 Å². The molecule has 7 heteroatoms. The lowest BCUT2D eigenvalue weighted by Crippen LogP contribution is -2.62. The van der Waals surface area contributed by atoms with Gasteiger partial charge in [0.15, 0.2) is 6.80 Å². The Bertz CT molecular complexity index is 639. The van der Waals surface area contributed by atoms with Crippen LogP contribution in [0, 0.1) is 5.41 Å². The zero-order chi connectivity index (χ0) is 16.4. The molecule has 1 aliphatic heterocycles. The van der Waals surface area contributed by atoms with Crippen molar-refractivity contribution < 1.29 is 18.3 Å². The number of rotatable bonds is 6. The molecule has 1 saturated heterocycles. The van der Waals surface area contributed by atoms with Gasteiger partial charge in [-0.15, -0.1) is 0 Å². The van der Waals surface area contributed by atoms with Gasteiger partial charge < -0.3 is 15.4 Å². The molecule has 2 N–H and O–H groups in total. The zero-order valence-corrected chi connectivity index (χ0v) is 13.1. The molecule has 1 spiro atoms. The van der Waals surface area contributed by atoms with Crippen molar-refractivity contribution in [3.63, 3.8) is 0 Å². The zero-order valence-electron chi connectivity index (χ0n) is 12.4. The predicted octanol–water partition coefficient (Wildman–Crippen LogP) is 3.07. The molecule has 1 aliphatic carbocycles. The lowest BCUT2D eigenvalue weighted by atomic mass is 9.63. The van der Waals surface area contributed by atoms with Crippen molar-refractivity contribution in [1.29, 1.82) is 0 Å². The minimum atomic E-state index is -1.64. The number of nitrogens with one attached hydrogen (secondary N) is 2. The molecule has 2 aliphatic rings. The van der Waals surface area contributed by atoms with E-state index in [1.807, 2.05) is 0 Å². The Morgan fingerprint density at radius 1 is 1.48 bits per heavy atom. The summed E-state index contributed by atoms with van der Waals surface area (Å²) in [4.78, 5) is 11.3. The van der Waals surface area contributed by atoms with Gasteiger partial charge in [-0.2, -0.15) is 4.39 Å². The topological polar surface area (TPSA) is 50.4 Å². The van der Waals surface area contributed by atoms with Gasteiger partial charge in [-0.05, 0) is 37.3 Å². The minimum absolute atomic E-state index is 0.00183. The van der Waals surface area contributed by atoms with E-state index in [4.69, 9.17) is 16.3 Å². The molecular formula is C16H17ClF2N2O2. The number of hydrogen-bond donors (Lipinski definition) is 2. The summed E-state index contributed by atoms with van der Waals surface area (Å²) in [6.07, 6.45) is 4.57. The van der Waals surface area contributed by atoms with Gasteiger partial charge in [0, 0.05) is 24.1 Å². The van der Waals surface area contributed by atoms with Crippen LogP contribution in [0.1, 0.15) is 28.8 Å². The molecule has 2 fully saturated rings. The van der Waals surface area contributed by atoms with Gasteiger partial charge >= 0.3 is 6.04 Å². The van der Waals surface area contributed by atoms with E-state index in [0.29, 0.717) is 11.2 Å². The van der Waals surface area contributed by atoms with Gasteiger partial charge in [0.25, 0.3) is 0 Å². The molecule has 0 unspecified atom stereocenters. The summed E-state index contributed by atoms with van der Waals surface area (Å²) in [5.74, 6) is 0.374. The van der Waals surface area contributed by atoms with Crippen LogP contribution in [-0.4, -0.2) is 32.0 Å². The van der Waals surface area contributed by atoms with E-state index in [9.17, 15) is 13.6 Å². The number of carbonyl (C=O) groups excluding carboxylic acids is 1.